The minimum absolute atomic E-state index is 0.0302. The topological polar surface area (TPSA) is 111 Å². The fourth-order valence-corrected chi connectivity index (χ4v) is 6.96. The van der Waals surface area contributed by atoms with Crippen LogP contribution in [0.3, 0.4) is 0 Å². The first-order valence-electron chi connectivity index (χ1n) is 16.3. The number of hydrogen-bond donors (Lipinski definition) is 1. The molecule has 1 aliphatic heterocycles. The lowest BCUT2D eigenvalue weighted by Gasteiger charge is -2.29. The lowest BCUT2D eigenvalue weighted by molar-refractivity contribution is -0.119. The van der Waals surface area contributed by atoms with Crippen molar-refractivity contribution in [1.82, 2.24) is 20.2 Å². The van der Waals surface area contributed by atoms with Crippen LogP contribution in [-0.4, -0.2) is 57.9 Å². The van der Waals surface area contributed by atoms with Crippen LogP contribution in [0, 0.1) is 0 Å². The fourth-order valence-electron chi connectivity index (χ4n) is 6.32. The second-order valence-electron chi connectivity index (χ2n) is 13.4. The van der Waals surface area contributed by atoms with E-state index in [4.69, 9.17) is 37.7 Å². The number of ether oxygens (including phenoxy) is 2. The smallest absolute Gasteiger partial charge is 0.410 e. The van der Waals surface area contributed by atoms with Gasteiger partial charge in [0.15, 0.2) is 5.78 Å². The Kier molecular flexibility index (Phi) is 9.95. The van der Waals surface area contributed by atoms with Crippen molar-refractivity contribution in [3.05, 3.63) is 87.5 Å². The summed E-state index contributed by atoms with van der Waals surface area (Å²) in [4.78, 5) is 48.4. The third-order valence-corrected chi connectivity index (χ3v) is 9.44. The van der Waals surface area contributed by atoms with Gasteiger partial charge in [-0.1, -0.05) is 53.5 Å². The van der Waals surface area contributed by atoms with Gasteiger partial charge >= 0.3 is 6.09 Å². The minimum Gasteiger partial charge on any atom is -0.481 e. The number of methoxy groups -OCH3 is 1. The first-order chi connectivity index (χ1) is 23.4. The monoisotopic (exact) mass is 700 g/mol. The van der Waals surface area contributed by atoms with Crippen LogP contribution >= 0.6 is 23.2 Å². The molecular weight excluding hydrogens is 663 g/mol. The van der Waals surface area contributed by atoms with Crippen LogP contribution in [0.25, 0.3) is 33.6 Å². The number of fused-ring (bicyclic) bond motifs is 1. The highest BCUT2D eigenvalue weighted by Crippen LogP contribution is 2.42. The van der Waals surface area contributed by atoms with Crippen LogP contribution in [-0.2, 0) is 22.5 Å². The zero-order valence-electron chi connectivity index (χ0n) is 27.9. The van der Waals surface area contributed by atoms with Gasteiger partial charge in [0.05, 0.1) is 35.1 Å². The fraction of sp³-hybridized carbons (Fsp3) is 0.342. The van der Waals surface area contributed by atoms with E-state index in [0.29, 0.717) is 68.8 Å². The van der Waals surface area contributed by atoms with E-state index in [2.05, 4.69) is 10.3 Å². The zero-order chi connectivity index (χ0) is 34.9. The SMILES string of the molecule is COc1nc(-c2cccc(-c3ccnc(-c4ccc5c(c4)CCCC5=O)c3Cl)c2Cl)ccc1CN(C[C@@H]1CCC(=O)N1)C(=O)OC(C)(C)C. The number of ketones is 1. The van der Waals surface area contributed by atoms with Gasteiger partial charge in [-0.05, 0) is 69.9 Å². The molecule has 2 aliphatic rings. The second kappa shape index (κ2) is 14.2. The molecule has 1 N–H and O–H groups in total. The largest absolute Gasteiger partial charge is 0.481 e. The van der Waals surface area contributed by atoms with Gasteiger partial charge in [0.2, 0.25) is 11.8 Å². The van der Waals surface area contributed by atoms with Gasteiger partial charge < -0.3 is 19.7 Å². The Morgan fingerprint density at radius 3 is 2.47 bits per heavy atom. The molecule has 1 saturated heterocycles. The molecule has 1 fully saturated rings. The number of hydrogen-bond acceptors (Lipinski definition) is 7. The lowest BCUT2D eigenvalue weighted by atomic mass is 9.88. The van der Waals surface area contributed by atoms with Crippen molar-refractivity contribution in [3.63, 3.8) is 0 Å². The Bertz CT molecular complexity index is 1940. The number of carbonyl (C=O) groups is 3. The summed E-state index contributed by atoms with van der Waals surface area (Å²) in [5.74, 6) is 0.470. The van der Waals surface area contributed by atoms with Gasteiger partial charge in [-0.2, -0.15) is 0 Å². The molecule has 0 saturated carbocycles. The van der Waals surface area contributed by atoms with E-state index in [1.54, 1.807) is 11.1 Å². The quantitative estimate of drug-likeness (QED) is 0.197. The van der Waals surface area contributed by atoms with Crippen LogP contribution in [0.4, 0.5) is 4.79 Å². The normalized spacial score (nSPS) is 15.8. The predicted molar refractivity (Wildman–Crippen MR) is 190 cm³/mol. The summed E-state index contributed by atoms with van der Waals surface area (Å²) in [5, 5.41) is 3.83. The van der Waals surface area contributed by atoms with Crippen LogP contribution < -0.4 is 10.1 Å². The molecule has 9 nitrogen and oxygen atoms in total. The summed E-state index contributed by atoms with van der Waals surface area (Å²) in [7, 11) is 1.53. The molecule has 6 rings (SSSR count). The van der Waals surface area contributed by atoms with E-state index in [9.17, 15) is 14.4 Å². The maximum atomic E-state index is 13.2. The van der Waals surface area contributed by atoms with E-state index in [1.165, 1.54) is 7.11 Å². The number of carbonyl (C=O) groups excluding carboxylic acids is 3. The highest BCUT2D eigenvalue weighted by atomic mass is 35.5. The molecule has 11 heteroatoms. The van der Waals surface area contributed by atoms with Crippen molar-refractivity contribution >= 4 is 41.0 Å². The summed E-state index contributed by atoms with van der Waals surface area (Å²) >= 11 is 14.1. The Labute approximate surface area is 295 Å². The summed E-state index contributed by atoms with van der Waals surface area (Å²) in [6.07, 6.45) is 4.52. The van der Waals surface area contributed by atoms with E-state index in [-0.39, 0.29) is 30.8 Å². The molecule has 2 aromatic heterocycles. The van der Waals surface area contributed by atoms with Gasteiger partial charge in [-0.15, -0.1) is 0 Å². The number of amides is 2. The van der Waals surface area contributed by atoms with E-state index >= 15 is 0 Å². The molecule has 2 aromatic carbocycles. The summed E-state index contributed by atoms with van der Waals surface area (Å²) in [5.41, 5.74) is 5.87. The van der Waals surface area contributed by atoms with Gasteiger partial charge in [-0.3, -0.25) is 14.6 Å². The molecule has 4 aromatic rings. The molecule has 3 heterocycles. The number of aromatic nitrogens is 2. The van der Waals surface area contributed by atoms with Gasteiger partial charge in [0, 0.05) is 65.0 Å². The third kappa shape index (κ3) is 7.58. The second-order valence-corrected chi connectivity index (χ2v) is 14.1. The zero-order valence-corrected chi connectivity index (χ0v) is 29.5. The molecule has 2 amide bonds. The first kappa shape index (κ1) is 34.4. The van der Waals surface area contributed by atoms with Crippen molar-refractivity contribution in [1.29, 1.82) is 0 Å². The van der Waals surface area contributed by atoms with E-state index in [1.807, 2.05) is 75.4 Å². The molecule has 49 heavy (non-hydrogen) atoms. The van der Waals surface area contributed by atoms with Gasteiger partial charge in [0.25, 0.3) is 0 Å². The molecule has 0 unspecified atom stereocenters. The van der Waals surface area contributed by atoms with Crippen molar-refractivity contribution in [2.45, 2.75) is 71.1 Å². The minimum atomic E-state index is -0.693. The molecule has 0 bridgehead atoms. The average Bonchev–Trinajstić information content (AvgIpc) is 3.48. The van der Waals surface area contributed by atoms with E-state index < -0.39 is 11.7 Å². The number of nitrogens with zero attached hydrogens (tertiary/aromatic N) is 3. The number of aryl methyl sites for hydroxylation is 1. The molecule has 0 spiro atoms. The highest BCUT2D eigenvalue weighted by molar-refractivity contribution is 6.39. The van der Waals surface area contributed by atoms with Crippen LogP contribution in [0.15, 0.2) is 60.8 Å². The Morgan fingerprint density at radius 1 is 0.959 bits per heavy atom. The molecule has 254 valence electrons. The standard InChI is InChI=1S/C38H38Cl2N4O5/c1-38(2,3)49-37(47)44(21-25-13-16-32(46)42-25)20-24-12-15-30(43-36(24)48-4)29-9-6-8-27(33(29)39)28-17-18-41-35(34(28)40)23-11-14-26-22(19-23)7-5-10-31(26)45/h6,8-9,11-12,14-15,17-19,25H,5,7,10,13,16,20-21H2,1-4H3,(H,42,46)/t25-/m0/s1. The maximum Gasteiger partial charge on any atom is 0.410 e. The summed E-state index contributed by atoms with van der Waals surface area (Å²) < 4.78 is 11.4. The number of rotatable bonds is 8. The Morgan fingerprint density at radius 2 is 1.73 bits per heavy atom. The number of halogens is 2. The Hall–Kier alpha value is -4.47. The number of pyridine rings is 2. The number of nitrogens with one attached hydrogen (secondary N) is 1. The maximum absolute atomic E-state index is 13.2. The number of Topliss-reactive ketones (excluding diaryl/α,β-unsaturated/α-hetero) is 1. The van der Waals surface area contributed by atoms with Crippen LogP contribution in [0.1, 0.15) is 67.9 Å². The van der Waals surface area contributed by atoms with Crippen molar-refractivity contribution in [2.75, 3.05) is 13.7 Å². The van der Waals surface area contributed by atoms with Gasteiger partial charge in [0.1, 0.15) is 5.60 Å². The first-order valence-corrected chi connectivity index (χ1v) is 17.1. The lowest BCUT2D eigenvalue weighted by Crippen LogP contribution is -2.43. The average molecular weight is 702 g/mol. The van der Waals surface area contributed by atoms with Crippen LogP contribution in [0.2, 0.25) is 10.0 Å². The highest BCUT2D eigenvalue weighted by Gasteiger charge is 2.29. The van der Waals surface area contributed by atoms with Crippen LogP contribution in [0.5, 0.6) is 5.88 Å². The third-order valence-electron chi connectivity index (χ3n) is 8.65. The molecular formula is C38H38Cl2N4O5. The van der Waals surface area contributed by atoms with E-state index in [0.717, 1.165) is 29.5 Å². The molecule has 1 atom stereocenters. The number of benzene rings is 2. The van der Waals surface area contributed by atoms with Gasteiger partial charge in [-0.25, -0.2) is 9.78 Å². The summed E-state index contributed by atoms with van der Waals surface area (Å²) in [6.45, 7) is 5.89. The van der Waals surface area contributed by atoms with Crippen molar-refractivity contribution in [3.8, 4) is 39.5 Å². The molecule has 1 aliphatic carbocycles. The predicted octanol–water partition coefficient (Wildman–Crippen LogP) is 8.33. The van der Waals surface area contributed by atoms with Crippen molar-refractivity contribution < 1.29 is 23.9 Å². The Balaban J connectivity index is 1.30. The molecule has 0 radical (unpaired) electrons. The van der Waals surface area contributed by atoms with Crippen molar-refractivity contribution in [2.24, 2.45) is 0 Å². The summed E-state index contributed by atoms with van der Waals surface area (Å²) in [6, 6.07) is 16.8.